The van der Waals surface area contributed by atoms with Crippen LogP contribution in [0.5, 0.6) is 0 Å². The molecule has 18 heavy (non-hydrogen) atoms. The summed E-state index contributed by atoms with van der Waals surface area (Å²) < 4.78 is 13.3. The molecule has 0 saturated carbocycles. The van der Waals surface area contributed by atoms with Gasteiger partial charge >= 0.3 is 0 Å². The minimum absolute atomic E-state index is 0.258. The third-order valence-electron chi connectivity index (χ3n) is 3.33. The average Bonchev–Trinajstić information content (AvgIpc) is 2.73. The summed E-state index contributed by atoms with van der Waals surface area (Å²) >= 11 is 0. The van der Waals surface area contributed by atoms with E-state index in [1.54, 1.807) is 6.07 Å². The molecule has 4 heteroatoms. The molecule has 100 valence electrons. The standard InChI is InChI=1S/C14H22FN3/c1-10(2)16-7-12-6-13(15)8-17-14(12)18-5-4-11(3)9-18/h6,8,10-11,16H,4-5,7,9H2,1-3H3. The number of nitrogens with one attached hydrogen (secondary N) is 1. The lowest BCUT2D eigenvalue weighted by Crippen LogP contribution is -2.26. The van der Waals surface area contributed by atoms with Crippen molar-refractivity contribution < 1.29 is 4.39 Å². The molecule has 2 heterocycles. The van der Waals surface area contributed by atoms with Crippen molar-refractivity contribution in [1.29, 1.82) is 0 Å². The van der Waals surface area contributed by atoms with E-state index >= 15 is 0 Å². The molecule has 0 aromatic carbocycles. The van der Waals surface area contributed by atoms with Gasteiger partial charge in [0, 0.05) is 31.2 Å². The molecule has 3 nitrogen and oxygen atoms in total. The zero-order chi connectivity index (χ0) is 13.1. The van der Waals surface area contributed by atoms with Crippen LogP contribution in [0.3, 0.4) is 0 Å². The van der Waals surface area contributed by atoms with Crippen LogP contribution in [-0.2, 0) is 6.54 Å². The van der Waals surface area contributed by atoms with Gasteiger partial charge in [0.25, 0.3) is 0 Å². The largest absolute Gasteiger partial charge is 0.356 e. The molecule has 1 saturated heterocycles. The van der Waals surface area contributed by atoms with E-state index in [2.05, 4.69) is 36.0 Å². The third-order valence-corrected chi connectivity index (χ3v) is 3.33. The van der Waals surface area contributed by atoms with E-state index < -0.39 is 0 Å². The molecule has 0 aliphatic carbocycles. The lowest BCUT2D eigenvalue weighted by Gasteiger charge is -2.21. The molecule has 1 atom stereocenters. The lowest BCUT2D eigenvalue weighted by atomic mass is 10.2. The fourth-order valence-corrected chi connectivity index (χ4v) is 2.33. The van der Waals surface area contributed by atoms with Crippen molar-refractivity contribution in [3.05, 3.63) is 23.6 Å². The summed E-state index contributed by atoms with van der Waals surface area (Å²) in [4.78, 5) is 6.55. The first-order valence-electron chi connectivity index (χ1n) is 6.69. The Morgan fingerprint density at radius 3 is 2.94 bits per heavy atom. The normalized spacial score (nSPS) is 19.8. The quantitative estimate of drug-likeness (QED) is 0.891. The molecule has 1 unspecified atom stereocenters. The second-order valence-electron chi connectivity index (χ2n) is 5.51. The molecule has 1 aromatic rings. The topological polar surface area (TPSA) is 28.2 Å². The van der Waals surface area contributed by atoms with Gasteiger partial charge in [0.05, 0.1) is 6.20 Å². The van der Waals surface area contributed by atoms with Crippen molar-refractivity contribution in [3.63, 3.8) is 0 Å². The number of rotatable bonds is 4. The van der Waals surface area contributed by atoms with Crippen molar-refractivity contribution in [3.8, 4) is 0 Å². The van der Waals surface area contributed by atoms with Crippen molar-refractivity contribution >= 4 is 5.82 Å². The highest BCUT2D eigenvalue weighted by atomic mass is 19.1. The van der Waals surface area contributed by atoms with E-state index in [-0.39, 0.29) is 5.82 Å². The van der Waals surface area contributed by atoms with Gasteiger partial charge in [-0.2, -0.15) is 0 Å². The first-order valence-corrected chi connectivity index (χ1v) is 6.69. The van der Waals surface area contributed by atoms with E-state index in [1.165, 1.54) is 12.6 Å². The molecular weight excluding hydrogens is 229 g/mol. The predicted molar refractivity (Wildman–Crippen MR) is 72.2 cm³/mol. The van der Waals surface area contributed by atoms with Crippen LogP contribution < -0.4 is 10.2 Å². The van der Waals surface area contributed by atoms with Crippen LogP contribution in [-0.4, -0.2) is 24.1 Å². The van der Waals surface area contributed by atoms with Gasteiger partial charge in [-0.3, -0.25) is 0 Å². The molecule has 0 spiro atoms. The summed E-state index contributed by atoms with van der Waals surface area (Å²) in [5, 5.41) is 3.33. The van der Waals surface area contributed by atoms with Crippen LogP contribution >= 0.6 is 0 Å². The van der Waals surface area contributed by atoms with E-state index in [4.69, 9.17) is 0 Å². The molecule has 1 fully saturated rings. The van der Waals surface area contributed by atoms with E-state index in [1.807, 2.05) is 0 Å². The highest BCUT2D eigenvalue weighted by Crippen LogP contribution is 2.25. The Morgan fingerprint density at radius 2 is 2.33 bits per heavy atom. The third kappa shape index (κ3) is 3.19. The van der Waals surface area contributed by atoms with E-state index in [9.17, 15) is 4.39 Å². The number of hydrogen-bond acceptors (Lipinski definition) is 3. The van der Waals surface area contributed by atoms with Crippen LogP contribution in [0, 0.1) is 11.7 Å². The average molecular weight is 251 g/mol. The maximum atomic E-state index is 13.3. The maximum absolute atomic E-state index is 13.3. The van der Waals surface area contributed by atoms with Gasteiger partial charge in [-0.1, -0.05) is 20.8 Å². The van der Waals surface area contributed by atoms with E-state index in [0.717, 1.165) is 24.5 Å². The highest BCUT2D eigenvalue weighted by Gasteiger charge is 2.22. The van der Waals surface area contributed by atoms with Crippen LogP contribution in [0.25, 0.3) is 0 Å². The Balaban J connectivity index is 2.17. The number of halogens is 1. The summed E-state index contributed by atoms with van der Waals surface area (Å²) in [5.74, 6) is 1.38. The van der Waals surface area contributed by atoms with Gasteiger partial charge in [-0.05, 0) is 18.4 Å². The molecular formula is C14H22FN3. The van der Waals surface area contributed by atoms with Crippen LogP contribution in [0.1, 0.15) is 32.8 Å². The monoisotopic (exact) mass is 251 g/mol. The number of anilines is 1. The Hall–Kier alpha value is -1.16. The van der Waals surface area contributed by atoms with Crippen molar-refractivity contribution in [1.82, 2.24) is 10.3 Å². The van der Waals surface area contributed by atoms with E-state index in [0.29, 0.717) is 18.5 Å². The lowest BCUT2D eigenvalue weighted by molar-refractivity contribution is 0.577. The first-order chi connectivity index (χ1) is 8.56. The van der Waals surface area contributed by atoms with Gasteiger partial charge in [0.15, 0.2) is 0 Å². The van der Waals surface area contributed by atoms with Crippen molar-refractivity contribution in [2.75, 3.05) is 18.0 Å². The Morgan fingerprint density at radius 1 is 1.56 bits per heavy atom. The second-order valence-corrected chi connectivity index (χ2v) is 5.51. The van der Waals surface area contributed by atoms with Crippen LogP contribution in [0.2, 0.25) is 0 Å². The Labute approximate surface area is 108 Å². The summed E-state index contributed by atoms with van der Waals surface area (Å²) in [5.41, 5.74) is 0.956. The number of nitrogens with zero attached hydrogens (tertiary/aromatic N) is 2. The summed E-state index contributed by atoms with van der Waals surface area (Å²) in [7, 11) is 0. The Kier molecular flexibility index (Phi) is 4.17. The zero-order valence-corrected chi connectivity index (χ0v) is 11.4. The SMILES string of the molecule is CC1CCN(c2ncc(F)cc2CNC(C)C)C1. The summed E-state index contributed by atoms with van der Waals surface area (Å²) in [6.45, 7) is 9.13. The van der Waals surface area contributed by atoms with Gasteiger partial charge in [-0.25, -0.2) is 9.37 Å². The smallest absolute Gasteiger partial charge is 0.141 e. The highest BCUT2D eigenvalue weighted by molar-refractivity contribution is 5.47. The van der Waals surface area contributed by atoms with Crippen molar-refractivity contribution in [2.24, 2.45) is 5.92 Å². The molecule has 1 aromatic heterocycles. The Bertz CT molecular complexity index is 406. The van der Waals surface area contributed by atoms with Crippen molar-refractivity contribution in [2.45, 2.75) is 39.8 Å². The summed E-state index contributed by atoms with van der Waals surface area (Å²) in [6, 6.07) is 1.99. The minimum atomic E-state index is -0.258. The molecule has 0 amide bonds. The number of aromatic nitrogens is 1. The maximum Gasteiger partial charge on any atom is 0.141 e. The van der Waals surface area contributed by atoms with Crippen LogP contribution in [0.15, 0.2) is 12.3 Å². The minimum Gasteiger partial charge on any atom is -0.356 e. The first kappa shape index (κ1) is 13.3. The number of pyridine rings is 1. The zero-order valence-electron chi connectivity index (χ0n) is 11.4. The second kappa shape index (κ2) is 5.65. The molecule has 0 radical (unpaired) electrons. The predicted octanol–water partition coefficient (Wildman–Crippen LogP) is 2.56. The van der Waals surface area contributed by atoms with Crippen LogP contribution in [0.4, 0.5) is 10.2 Å². The fraction of sp³-hybridized carbons (Fsp3) is 0.643. The molecule has 1 aliphatic rings. The molecule has 1 N–H and O–H groups in total. The van der Waals surface area contributed by atoms with Gasteiger partial charge in [0.2, 0.25) is 0 Å². The van der Waals surface area contributed by atoms with Gasteiger partial charge in [0.1, 0.15) is 11.6 Å². The molecule has 1 aliphatic heterocycles. The number of hydrogen-bond donors (Lipinski definition) is 1. The molecule has 2 rings (SSSR count). The van der Waals surface area contributed by atoms with Gasteiger partial charge < -0.3 is 10.2 Å². The van der Waals surface area contributed by atoms with Gasteiger partial charge in [-0.15, -0.1) is 0 Å². The summed E-state index contributed by atoms with van der Waals surface area (Å²) in [6.07, 6.45) is 2.51. The fourth-order valence-electron chi connectivity index (χ4n) is 2.33. The molecule has 0 bridgehead atoms.